The first-order valence-corrected chi connectivity index (χ1v) is 5.71. The zero-order valence-electron chi connectivity index (χ0n) is 10.2. The van der Waals surface area contributed by atoms with Crippen molar-refractivity contribution >= 4 is 5.97 Å². The molecule has 0 heterocycles. The molecule has 3 nitrogen and oxygen atoms in total. The molecule has 0 saturated carbocycles. The van der Waals surface area contributed by atoms with Crippen LogP contribution in [0.5, 0.6) is 5.75 Å². The third kappa shape index (κ3) is 5.30. The minimum absolute atomic E-state index is 0. The summed E-state index contributed by atoms with van der Waals surface area (Å²) in [6.07, 6.45) is 0.0406. The number of benzene rings is 2. The summed E-state index contributed by atoms with van der Waals surface area (Å²) in [6.45, 7) is 0.513. The molecule has 0 aliphatic heterocycles. The zero-order valence-corrected chi connectivity index (χ0v) is 11.7. The van der Waals surface area contributed by atoms with Gasteiger partial charge in [-0.25, -0.2) is 0 Å². The van der Waals surface area contributed by atoms with Crippen LogP contribution in [0.1, 0.15) is 11.1 Å². The first-order chi connectivity index (χ1) is 8.74. The van der Waals surface area contributed by atoms with Gasteiger partial charge in [-0.05, 0) is 23.3 Å². The molecule has 0 aliphatic carbocycles. The van der Waals surface area contributed by atoms with E-state index in [1.165, 1.54) is 0 Å². The van der Waals surface area contributed by atoms with Crippen molar-refractivity contribution in [3.8, 4) is 5.75 Å². The Morgan fingerprint density at radius 3 is 2.16 bits per heavy atom. The fourth-order valence-electron chi connectivity index (χ4n) is 1.62. The summed E-state index contributed by atoms with van der Waals surface area (Å²) in [5.41, 5.74) is 1.88. The fraction of sp³-hybridized carbons (Fsp3) is 0.133. The molecule has 0 atom stereocenters. The van der Waals surface area contributed by atoms with E-state index in [1.54, 1.807) is 24.3 Å². The number of aliphatic carboxylic acids is 1. The molecule has 0 unspecified atom stereocenters. The monoisotopic (exact) mass is 349 g/mol. The van der Waals surface area contributed by atoms with E-state index in [2.05, 4.69) is 0 Å². The van der Waals surface area contributed by atoms with Crippen LogP contribution in [0, 0.1) is 0 Å². The molecule has 19 heavy (non-hydrogen) atoms. The smallest absolute Gasteiger partial charge is 0.307 e. The molecule has 2 rings (SSSR count). The normalized spacial score (nSPS) is 9.47. The van der Waals surface area contributed by atoms with E-state index in [9.17, 15) is 4.79 Å². The van der Waals surface area contributed by atoms with Crippen LogP contribution in [-0.2, 0) is 40.2 Å². The molecule has 0 bridgehead atoms. The number of rotatable bonds is 5. The molecule has 0 saturated heterocycles. The van der Waals surface area contributed by atoms with E-state index in [-0.39, 0.29) is 28.8 Å². The number of ether oxygens (including phenoxy) is 1. The van der Waals surface area contributed by atoms with Crippen LogP contribution in [0.4, 0.5) is 0 Å². The maximum atomic E-state index is 10.5. The van der Waals surface area contributed by atoms with Crippen LogP contribution in [-0.4, -0.2) is 11.1 Å². The van der Waals surface area contributed by atoms with E-state index in [0.29, 0.717) is 6.61 Å². The zero-order chi connectivity index (χ0) is 12.8. The minimum Gasteiger partial charge on any atom is -0.489 e. The topological polar surface area (TPSA) is 46.5 Å². The average Bonchev–Trinajstić information content (AvgIpc) is 2.38. The van der Waals surface area contributed by atoms with Crippen molar-refractivity contribution in [2.75, 3.05) is 0 Å². The Kier molecular flexibility index (Phi) is 6.36. The van der Waals surface area contributed by atoms with Crippen LogP contribution in [0.15, 0.2) is 54.6 Å². The molecule has 0 aromatic heterocycles. The Morgan fingerprint density at radius 1 is 0.947 bits per heavy atom. The standard InChI is InChI=1S/C15H14O3.Ag/c16-15(17)10-12-6-8-14(9-7-12)18-11-13-4-2-1-3-5-13;/h1-9H,10-11H2,(H,16,17);. The van der Waals surface area contributed by atoms with Crippen LogP contribution in [0.3, 0.4) is 0 Å². The second-order valence-electron chi connectivity index (χ2n) is 3.99. The van der Waals surface area contributed by atoms with Crippen molar-refractivity contribution in [1.29, 1.82) is 0 Å². The first-order valence-electron chi connectivity index (χ1n) is 5.71. The van der Waals surface area contributed by atoms with Gasteiger partial charge in [-0.15, -0.1) is 0 Å². The third-order valence-electron chi connectivity index (χ3n) is 2.53. The van der Waals surface area contributed by atoms with Crippen molar-refractivity contribution in [1.82, 2.24) is 0 Å². The summed E-state index contributed by atoms with van der Waals surface area (Å²) in [5, 5.41) is 8.66. The van der Waals surface area contributed by atoms with Gasteiger partial charge in [0.05, 0.1) is 6.42 Å². The summed E-state index contributed by atoms with van der Waals surface area (Å²) >= 11 is 0. The molecule has 0 fully saturated rings. The van der Waals surface area contributed by atoms with Gasteiger partial charge in [0.15, 0.2) is 0 Å². The molecule has 0 spiro atoms. The molecule has 1 radical (unpaired) electrons. The van der Waals surface area contributed by atoms with E-state index in [0.717, 1.165) is 16.9 Å². The predicted octanol–water partition coefficient (Wildman–Crippen LogP) is 2.89. The van der Waals surface area contributed by atoms with Gasteiger partial charge in [-0.1, -0.05) is 42.5 Å². The van der Waals surface area contributed by atoms with E-state index < -0.39 is 5.97 Å². The largest absolute Gasteiger partial charge is 0.489 e. The van der Waals surface area contributed by atoms with Crippen LogP contribution < -0.4 is 4.74 Å². The summed E-state index contributed by atoms with van der Waals surface area (Å²) in [7, 11) is 0. The summed E-state index contributed by atoms with van der Waals surface area (Å²) in [4.78, 5) is 10.5. The molecule has 0 aliphatic rings. The maximum absolute atomic E-state index is 10.5. The molecule has 2 aromatic rings. The molecule has 0 amide bonds. The van der Waals surface area contributed by atoms with Crippen molar-refractivity contribution in [3.05, 3.63) is 65.7 Å². The molecule has 2 aromatic carbocycles. The number of carbonyl (C=O) groups is 1. The van der Waals surface area contributed by atoms with Crippen LogP contribution in [0.2, 0.25) is 0 Å². The van der Waals surface area contributed by atoms with Gasteiger partial charge in [0.2, 0.25) is 0 Å². The Labute approximate surface area is 127 Å². The number of hydrogen-bond acceptors (Lipinski definition) is 2. The third-order valence-corrected chi connectivity index (χ3v) is 2.53. The van der Waals surface area contributed by atoms with E-state index >= 15 is 0 Å². The van der Waals surface area contributed by atoms with Gasteiger partial charge in [0.1, 0.15) is 12.4 Å². The van der Waals surface area contributed by atoms with E-state index in [4.69, 9.17) is 9.84 Å². The van der Waals surface area contributed by atoms with Crippen LogP contribution >= 0.6 is 0 Å². The van der Waals surface area contributed by atoms with Gasteiger partial charge in [0.25, 0.3) is 0 Å². The van der Waals surface area contributed by atoms with Gasteiger partial charge >= 0.3 is 5.97 Å². The molecule has 4 heteroatoms. The minimum atomic E-state index is -0.826. The predicted molar refractivity (Wildman–Crippen MR) is 68.6 cm³/mol. The number of carboxylic acid groups (broad SMARTS) is 1. The summed E-state index contributed by atoms with van der Waals surface area (Å²) < 4.78 is 5.60. The van der Waals surface area contributed by atoms with Gasteiger partial charge < -0.3 is 9.84 Å². The Hall–Kier alpha value is -1.55. The molecular formula is C15H14AgO3. The Morgan fingerprint density at radius 2 is 1.58 bits per heavy atom. The van der Waals surface area contributed by atoms with E-state index in [1.807, 2.05) is 30.3 Å². The Balaban J connectivity index is 0.00000180. The first kappa shape index (κ1) is 15.5. The quantitative estimate of drug-likeness (QED) is 0.844. The average molecular weight is 350 g/mol. The van der Waals surface area contributed by atoms with Crippen LogP contribution in [0.25, 0.3) is 0 Å². The van der Waals surface area contributed by atoms with Crippen molar-refractivity contribution in [2.45, 2.75) is 13.0 Å². The van der Waals surface area contributed by atoms with Gasteiger partial charge in [0, 0.05) is 22.4 Å². The SMILES string of the molecule is O=C(O)Cc1ccc(OCc2ccccc2)cc1.[Ag]. The number of carboxylic acids is 1. The maximum Gasteiger partial charge on any atom is 0.307 e. The molecule has 1 N–H and O–H groups in total. The second kappa shape index (κ2) is 7.79. The Bertz CT molecular complexity index is 509. The molecule has 103 valence electrons. The second-order valence-corrected chi connectivity index (χ2v) is 3.99. The van der Waals surface area contributed by atoms with Crippen molar-refractivity contribution in [2.24, 2.45) is 0 Å². The summed E-state index contributed by atoms with van der Waals surface area (Å²) in [6, 6.07) is 17.0. The summed E-state index contributed by atoms with van der Waals surface area (Å²) in [5.74, 6) is -0.0825. The van der Waals surface area contributed by atoms with Gasteiger partial charge in [-0.2, -0.15) is 0 Å². The fourth-order valence-corrected chi connectivity index (χ4v) is 1.62. The van der Waals surface area contributed by atoms with Crippen molar-refractivity contribution < 1.29 is 37.0 Å². The molecular weight excluding hydrogens is 336 g/mol. The van der Waals surface area contributed by atoms with Crippen molar-refractivity contribution in [3.63, 3.8) is 0 Å². The van der Waals surface area contributed by atoms with Gasteiger partial charge in [-0.3, -0.25) is 4.79 Å². The number of hydrogen-bond donors (Lipinski definition) is 1.